The van der Waals surface area contributed by atoms with E-state index >= 15 is 0 Å². The predicted molar refractivity (Wildman–Crippen MR) is 235 cm³/mol. The zero-order chi connectivity index (χ0) is 41.4. The van der Waals surface area contributed by atoms with Crippen molar-refractivity contribution in [1.82, 2.24) is 0 Å². The summed E-state index contributed by atoms with van der Waals surface area (Å²) >= 11 is 0. The molecule has 0 aliphatic rings. The minimum Gasteiger partial charge on any atom is -0.758 e. The Kier molecular flexibility index (Phi) is 11.7. The molecule has 5 aromatic carbocycles. The number of ether oxygens (including phenoxy) is 2. The zero-order valence-corrected chi connectivity index (χ0v) is 35.8. The molecule has 8 heteroatoms. The summed E-state index contributed by atoms with van der Waals surface area (Å²) in [6.45, 7) is 24.5. The molecule has 0 saturated heterocycles. The number of benzene rings is 5. The van der Waals surface area contributed by atoms with Crippen LogP contribution in [0.15, 0.2) is 109 Å². The summed E-state index contributed by atoms with van der Waals surface area (Å²) in [5.41, 5.74) is 6.95. The van der Waals surface area contributed by atoms with Crippen molar-refractivity contribution in [3.63, 3.8) is 0 Å². The zero-order valence-electron chi connectivity index (χ0n) is 35.8. The van der Waals surface area contributed by atoms with Crippen LogP contribution in [0.25, 0.3) is 0 Å². The van der Waals surface area contributed by atoms with E-state index in [-0.39, 0.29) is 10.8 Å². The Bertz CT molecular complexity index is 2130. The average molecular weight is 757 g/mol. The van der Waals surface area contributed by atoms with Crippen molar-refractivity contribution in [3.8, 4) is 11.5 Å². The van der Waals surface area contributed by atoms with Crippen molar-refractivity contribution in [2.75, 3.05) is 29.1 Å². The summed E-state index contributed by atoms with van der Waals surface area (Å²) in [5.74, 6) is 1.50. The standard InChI is InChI=1S/C48H60N4O4/c1-45(2,3)33-27-39(31-41(29-33)51(53)47(7,8)9)49(37-19-23-43(55-13)24-20-37)35-15-17-36(18-16-35)50(38-21-25-44(56-14)26-22-38)40-28-34(46(4,5)6)30-42(32-40)52(54)48(10,11)12/h15-32H,1-14H3. The molecule has 0 aliphatic heterocycles. The lowest BCUT2D eigenvalue weighted by molar-refractivity contribution is -0.540. The van der Waals surface area contributed by atoms with Crippen molar-refractivity contribution >= 4 is 45.5 Å². The van der Waals surface area contributed by atoms with Crippen molar-refractivity contribution in [1.29, 1.82) is 0 Å². The van der Waals surface area contributed by atoms with Crippen molar-refractivity contribution in [2.24, 2.45) is 0 Å². The minimum atomic E-state index is -0.633. The molecule has 5 rings (SSSR count). The molecule has 0 atom stereocenters. The fourth-order valence-electron chi connectivity index (χ4n) is 6.43. The Morgan fingerprint density at radius 1 is 0.464 bits per heavy atom. The monoisotopic (exact) mass is 756 g/mol. The predicted octanol–water partition coefficient (Wildman–Crippen LogP) is 13.5. The molecule has 296 valence electrons. The number of nitroso groups, excluding NO2 is 1. The highest BCUT2D eigenvalue weighted by Crippen LogP contribution is 2.44. The van der Waals surface area contributed by atoms with Gasteiger partial charge in [0.15, 0.2) is 0 Å². The van der Waals surface area contributed by atoms with E-state index in [1.165, 1.54) is 0 Å². The van der Waals surface area contributed by atoms with Gasteiger partial charge in [-0.2, -0.15) is 0 Å². The number of hydroxylamine groups is 1. The molecule has 0 amide bonds. The highest BCUT2D eigenvalue weighted by Gasteiger charge is 2.34. The second-order valence-corrected chi connectivity index (χ2v) is 18.5. The van der Waals surface area contributed by atoms with Gasteiger partial charge >= 0.3 is 0 Å². The summed E-state index contributed by atoms with van der Waals surface area (Å²) in [7, 11) is 3.32. The van der Waals surface area contributed by atoms with Gasteiger partial charge in [0.05, 0.1) is 19.9 Å². The molecule has 0 bridgehead atoms. The molecule has 0 heterocycles. The lowest BCUT2D eigenvalue weighted by Crippen LogP contribution is -2.36. The van der Waals surface area contributed by atoms with Gasteiger partial charge in [-0.15, -0.1) is 0 Å². The van der Waals surface area contributed by atoms with Gasteiger partial charge in [0.1, 0.15) is 11.5 Å². The molecule has 0 radical (unpaired) electrons. The van der Waals surface area contributed by atoms with Gasteiger partial charge in [0, 0.05) is 82.2 Å². The van der Waals surface area contributed by atoms with Crippen LogP contribution < -0.4 is 24.3 Å². The lowest BCUT2D eigenvalue weighted by Gasteiger charge is -2.44. The average Bonchev–Trinajstić information content (AvgIpc) is 3.14. The Balaban J connectivity index is 1.74. The first-order valence-corrected chi connectivity index (χ1v) is 19.3. The van der Waals surface area contributed by atoms with Gasteiger partial charge in [0.2, 0.25) is 5.54 Å². The highest BCUT2D eigenvalue weighted by molar-refractivity contribution is 5.83. The Morgan fingerprint density at radius 3 is 1.14 bits per heavy atom. The van der Waals surface area contributed by atoms with Crippen molar-refractivity contribution in [2.45, 2.75) is 105 Å². The summed E-state index contributed by atoms with van der Waals surface area (Å²) in [5, 5.41) is 14.9. The van der Waals surface area contributed by atoms with Gasteiger partial charge in [-0.05, 0) is 140 Å². The maximum Gasteiger partial charge on any atom is 0.259 e. The van der Waals surface area contributed by atoms with E-state index in [9.17, 15) is 10.1 Å². The Hall–Kier alpha value is -5.34. The maximum atomic E-state index is 13.8. The highest BCUT2D eigenvalue weighted by atomic mass is 16.5. The van der Waals surface area contributed by atoms with E-state index in [4.69, 9.17) is 9.47 Å². The van der Waals surface area contributed by atoms with Crippen LogP contribution in [0.1, 0.15) is 94.2 Å². The molecule has 0 saturated carbocycles. The van der Waals surface area contributed by atoms with Crippen LogP contribution in [0, 0.1) is 10.1 Å². The van der Waals surface area contributed by atoms with Gasteiger partial charge in [-0.25, -0.2) is 0 Å². The van der Waals surface area contributed by atoms with Crippen LogP contribution in [0.2, 0.25) is 0 Å². The molecule has 0 unspecified atom stereocenters. The molecule has 0 N–H and O–H groups in total. The minimum absolute atomic E-state index is 0.217. The van der Waals surface area contributed by atoms with E-state index < -0.39 is 11.1 Å². The van der Waals surface area contributed by atoms with E-state index in [1.54, 1.807) is 14.2 Å². The van der Waals surface area contributed by atoms with Gasteiger partial charge in [-0.3, -0.25) is 0 Å². The lowest BCUT2D eigenvalue weighted by atomic mass is 9.86. The first kappa shape index (κ1) is 41.8. The van der Waals surface area contributed by atoms with E-state index in [0.29, 0.717) is 11.4 Å². The third kappa shape index (κ3) is 9.36. The first-order chi connectivity index (χ1) is 26.0. The van der Waals surface area contributed by atoms with E-state index in [2.05, 4.69) is 87.7 Å². The van der Waals surface area contributed by atoms with E-state index in [1.807, 2.05) is 114 Å². The summed E-state index contributed by atoms with van der Waals surface area (Å²) in [6, 6.07) is 36.6. The van der Waals surface area contributed by atoms with Gasteiger partial charge in [-0.1, -0.05) is 41.5 Å². The molecular weight excluding hydrogens is 697 g/mol. The number of hydrogen-bond donors (Lipinski definition) is 0. The van der Waals surface area contributed by atoms with Gasteiger partial charge < -0.3 is 29.5 Å². The van der Waals surface area contributed by atoms with Gasteiger partial charge in [0.25, 0.3) is 5.69 Å². The van der Waals surface area contributed by atoms with Crippen LogP contribution in [-0.2, 0) is 10.8 Å². The third-order valence-corrected chi connectivity index (χ3v) is 9.77. The molecule has 56 heavy (non-hydrogen) atoms. The summed E-state index contributed by atoms with van der Waals surface area (Å²) in [6.07, 6.45) is 0. The Morgan fingerprint density at radius 2 is 0.804 bits per heavy atom. The quantitative estimate of drug-likeness (QED) is 0.104. The normalized spacial score (nSPS) is 12.3. The number of nitrogens with zero attached hydrogens (tertiary/aromatic N) is 4. The van der Waals surface area contributed by atoms with Crippen LogP contribution in [-0.4, -0.2) is 30.1 Å². The molecule has 0 fully saturated rings. The summed E-state index contributed by atoms with van der Waals surface area (Å²) in [4.78, 5) is 18.1. The Labute approximate surface area is 334 Å². The second-order valence-electron chi connectivity index (χ2n) is 18.5. The molecular formula is C48H60N4O4. The number of hydrogen-bond acceptors (Lipinski definition) is 7. The first-order valence-electron chi connectivity index (χ1n) is 19.3. The topological polar surface area (TPSA) is 71.3 Å². The molecule has 0 spiro atoms. The molecule has 5 aromatic rings. The van der Waals surface area contributed by atoms with Crippen LogP contribution in [0.3, 0.4) is 0 Å². The van der Waals surface area contributed by atoms with Crippen molar-refractivity contribution in [3.05, 3.63) is 130 Å². The van der Waals surface area contributed by atoms with Crippen LogP contribution in [0.5, 0.6) is 11.5 Å². The number of anilines is 7. The van der Waals surface area contributed by atoms with Crippen molar-refractivity contribution < 1.29 is 14.2 Å². The van der Waals surface area contributed by atoms with Crippen LogP contribution in [0.4, 0.5) is 45.5 Å². The third-order valence-electron chi connectivity index (χ3n) is 9.77. The molecule has 8 nitrogen and oxygen atoms in total. The number of methoxy groups -OCH3 is 2. The maximum absolute atomic E-state index is 13.8. The smallest absolute Gasteiger partial charge is 0.259 e. The SMILES string of the molecule is COc1ccc(N(c2ccc(N(c3ccc(OC)cc3)c3cc([N+](=O)C(C)(C)C)cc(C(C)(C)C)c3)cc2)c2cc(N([O-])C(C)(C)C)cc(C(C)(C)C)c2)cc1. The largest absolute Gasteiger partial charge is 0.758 e. The van der Waals surface area contributed by atoms with Crippen LogP contribution >= 0.6 is 0 Å². The fraction of sp³-hybridized carbons (Fsp3) is 0.375. The molecule has 0 aliphatic carbocycles. The van der Waals surface area contributed by atoms with E-state index in [0.717, 1.165) is 66.6 Å². The summed E-state index contributed by atoms with van der Waals surface area (Å²) < 4.78 is 12.1. The second kappa shape index (κ2) is 15.7. The number of rotatable bonds is 10. The fourth-order valence-corrected chi connectivity index (χ4v) is 6.43. The molecule has 0 aromatic heterocycles.